The Morgan fingerprint density at radius 2 is 1.96 bits per heavy atom. The number of carbonyl (C=O) groups is 2. The number of rotatable bonds is 6. The summed E-state index contributed by atoms with van der Waals surface area (Å²) in [6, 6.07) is 0.0155. The van der Waals surface area contributed by atoms with Gasteiger partial charge >= 0.3 is 5.97 Å². The van der Waals surface area contributed by atoms with Crippen molar-refractivity contribution in [1.82, 2.24) is 15.1 Å². The van der Waals surface area contributed by atoms with Gasteiger partial charge in [0, 0.05) is 25.2 Å². The lowest BCUT2D eigenvalue weighted by Crippen LogP contribution is -2.46. The molecule has 1 saturated heterocycles. The van der Waals surface area contributed by atoms with Crippen molar-refractivity contribution >= 4 is 11.9 Å². The number of nitrogens with one attached hydrogen (secondary N) is 1. The number of likely N-dealkylation sites (N-methyl/N-ethyl adjacent to an activating group) is 1. The van der Waals surface area contributed by atoms with E-state index in [2.05, 4.69) is 12.2 Å². The van der Waals surface area contributed by atoms with Crippen LogP contribution in [-0.4, -0.2) is 83.3 Å². The normalized spacial score (nSPS) is 32.2. The molecule has 23 heavy (non-hydrogen) atoms. The minimum absolute atomic E-state index is 0.00233. The van der Waals surface area contributed by atoms with Gasteiger partial charge in [0.25, 0.3) is 0 Å². The molecule has 0 aromatic heterocycles. The highest BCUT2D eigenvalue weighted by molar-refractivity contribution is 5.78. The molecule has 2 rings (SSSR count). The molecule has 1 aliphatic heterocycles. The van der Waals surface area contributed by atoms with E-state index >= 15 is 0 Å². The van der Waals surface area contributed by atoms with Gasteiger partial charge in [0.2, 0.25) is 5.91 Å². The molecule has 1 saturated carbocycles. The van der Waals surface area contributed by atoms with E-state index in [1.807, 2.05) is 4.90 Å². The fraction of sp³-hybridized carbons (Fsp3) is 0.875. The van der Waals surface area contributed by atoms with Crippen LogP contribution in [0.1, 0.15) is 32.6 Å². The topological polar surface area (TPSA) is 93.1 Å². The smallest absolute Gasteiger partial charge is 0.317 e. The molecule has 0 spiro atoms. The minimum atomic E-state index is -0.915. The van der Waals surface area contributed by atoms with Crippen LogP contribution in [0.5, 0.6) is 0 Å². The molecule has 4 atom stereocenters. The largest absolute Gasteiger partial charge is 0.480 e. The third-order valence-corrected chi connectivity index (χ3v) is 5.11. The maximum Gasteiger partial charge on any atom is 0.317 e. The molecule has 7 nitrogen and oxygen atoms in total. The van der Waals surface area contributed by atoms with Gasteiger partial charge in [0.15, 0.2) is 0 Å². The van der Waals surface area contributed by atoms with E-state index in [-0.39, 0.29) is 31.1 Å². The molecule has 132 valence electrons. The number of aliphatic carboxylic acids is 1. The number of carboxylic acids is 1. The first-order valence-corrected chi connectivity index (χ1v) is 8.48. The fourth-order valence-electron chi connectivity index (χ4n) is 3.73. The van der Waals surface area contributed by atoms with Crippen LogP contribution in [0.4, 0.5) is 0 Å². The molecule has 2 aliphatic rings. The average molecular weight is 327 g/mol. The highest BCUT2D eigenvalue weighted by Crippen LogP contribution is 2.23. The third-order valence-electron chi connectivity index (χ3n) is 5.11. The number of aliphatic hydroxyl groups excluding tert-OH is 1. The summed E-state index contributed by atoms with van der Waals surface area (Å²) < 4.78 is 0. The standard InChI is InChI=1S/C16H29N3O4/c1-11-5-3-4-6-12(11)17-15(21)9-19-7-13(14(20)8-19)18(2)10-16(22)23/h11-14,20H,3-10H2,1-2H3,(H,17,21)(H,22,23)/t11-,12+,13-,14-/m1/s1. The monoisotopic (exact) mass is 327 g/mol. The van der Waals surface area contributed by atoms with Crippen LogP contribution in [0.15, 0.2) is 0 Å². The second-order valence-corrected chi connectivity index (χ2v) is 7.07. The van der Waals surface area contributed by atoms with Crippen molar-refractivity contribution in [2.45, 2.75) is 50.8 Å². The predicted octanol–water partition coefficient (Wildman–Crippen LogP) is -0.257. The van der Waals surface area contributed by atoms with Crippen LogP contribution in [0.3, 0.4) is 0 Å². The van der Waals surface area contributed by atoms with Crippen molar-refractivity contribution in [1.29, 1.82) is 0 Å². The molecule has 0 aromatic rings. The fourth-order valence-corrected chi connectivity index (χ4v) is 3.73. The third kappa shape index (κ3) is 5.16. The number of aliphatic hydroxyl groups is 1. The Hall–Kier alpha value is -1.18. The minimum Gasteiger partial charge on any atom is -0.480 e. The molecule has 0 unspecified atom stereocenters. The summed E-state index contributed by atoms with van der Waals surface area (Å²) in [6.07, 6.45) is 3.98. The molecule has 1 amide bonds. The molecule has 0 radical (unpaired) electrons. The zero-order chi connectivity index (χ0) is 17.0. The Bertz CT molecular complexity index is 432. The van der Waals surface area contributed by atoms with E-state index in [4.69, 9.17) is 5.11 Å². The van der Waals surface area contributed by atoms with E-state index in [0.717, 1.165) is 12.8 Å². The summed E-state index contributed by atoms with van der Waals surface area (Å²) in [6.45, 7) is 3.25. The summed E-state index contributed by atoms with van der Waals surface area (Å²) in [5, 5.41) is 22.1. The van der Waals surface area contributed by atoms with E-state index < -0.39 is 12.1 Å². The quantitative estimate of drug-likeness (QED) is 0.623. The lowest BCUT2D eigenvalue weighted by molar-refractivity contribution is -0.138. The second kappa shape index (κ2) is 8.08. The summed E-state index contributed by atoms with van der Waals surface area (Å²) in [5.41, 5.74) is 0. The maximum atomic E-state index is 12.2. The molecular formula is C16H29N3O4. The SMILES string of the molecule is C[C@@H]1CCCC[C@@H]1NC(=O)CN1C[C@@H](O)[C@H](N(C)CC(=O)O)C1. The van der Waals surface area contributed by atoms with Gasteiger partial charge in [-0.3, -0.25) is 19.4 Å². The van der Waals surface area contributed by atoms with Crippen LogP contribution >= 0.6 is 0 Å². The van der Waals surface area contributed by atoms with Gasteiger partial charge in [-0.05, 0) is 25.8 Å². The maximum absolute atomic E-state index is 12.2. The second-order valence-electron chi connectivity index (χ2n) is 7.07. The van der Waals surface area contributed by atoms with Crippen molar-refractivity contribution in [3.63, 3.8) is 0 Å². The summed E-state index contributed by atoms with van der Waals surface area (Å²) in [4.78, 5) is 26.5. The Balaban J connectivity index is 1.79. The van der Waals surface area contributed by atoms with E-state index in [1.54, 1.807) is 11.9 Å². The average Bonchev–Trinajstić information content (AvgIpc) is 2.81. The summed E-state index contributed by atoms with van der Waals surface area (Å²) in [7, 11) is 1.69. The van der Waals surface area contributed by atoms with Crippen molar-refractivity contribution in [3.8, 4) is 0 Å². The zero-order valence-electron chi connectivity index (χ0n) is 14.1. The zero-order valence-corrected chi connectivity index (χ0v) is 14.1. The van der Waals surface area contributed by atoms with Gasteiger partial charge in [0.05, 0.1) is 19.2 Å². The Morgan fingerprint density at radius 3 is 2.61 bits per heavy atom. The van der Waals surface area contributed by atoms with Crippen molar-refractivity contribution < 1.29 is 19.8 Å². The van der Waals surface area contributed by atoms with E-state index in [1.165, 1.54) is 12.8 Å². The molecule has 3 N–H and O–H groups in total. The van der Waals surface area contributed by atoms with Gasteiger partial charge < -0.3 is 15.5 Å². The Labute approximate surface area is 137 Å². The van der Waals surface area contributed by atoms with Gasteiger partial charge in [-0.1, -0.05) is 19.8 Å². The van der Waals surface area contributed by atoms with Crippen molar-refractivity contribution in [2.24, 2.45) is 5.92 Å². The highest BCUT2D eigenvalue weighted by Gasteiger charge is 2.35. The van der Waals surface area contributed by atoms with Crippen LogP contribution in [0.2, 0.25) is 0 Å². The number of carbonyl (C=O) groups excluding carboxylic acids is 1. The Morgan fingerprint density at radius 1 is 1.26 bits per heavy atom. The molecule has 1 aliphatic carbocycles. The van der Waals surface area contributed by atoms with E-state index in [0.29, 0.717) is 19.0 Å². The number of amides is 1. The molecule has 0 aromatic carbocycles. The Kier molecular flexibility index (Phi) is 6.38. The predicted molar refractivity (Wildman–Crippen MR) is 86.1 cm³/mol. The summed E-state index contributed by atoms with van der Waals surface area (Å²) in [5.74, 6) is -0.397. The van der Waals surface area contributed by atoms with Gasteiger partial charge in [-0.15, -0.1) is 0 Å². The van der Waals surface area contributed by atoms with Crippen LogP contribution in [0.25, 0.3) is 0 Å². The van der Waals surface area contributed by atoms with Crippen LogP contribution in [-0.2, 0) is 9.59 Å². The van der Waals surface area contributed by atoms with Gasteiger partial charge in [-0.25, -0.2) is 0 Å². The number of likely N-dealkylation sites (tertiary alicyclic amines) is 1. The lowest BCUT2D eigenvalue weighted by Gasteiger charge is -2.30. The molecule has 1 heterocycles. The van der Waals surface area contributed by atoms with Gasteiger partial charge in [0.1, 0.15) is 0 Å². The number of hydrogen-bond donors (Lipinski definition) is 3. The molecule has 7 heteroatoms. The van der Waals surface area contributed by atoms with Crippen LogP contribution in [0, 0.1) is 5.92 Å². The van der Waals surface area contributed by atoms with Crippen LogP contribution < -0.4 is 5.32 Å². The van der Waals surface area contributed by atoms with Crippen molar-refractivity contribution in [2.75, 3.05) is 33.2 Å². The first-order valence-electron chi connectivity index (χ1n) is 8.48. The van der Waals surface area contributed by atoms with Gasteiger partial charge in [-0.2, -0.15) is 0 Å². The molecule has 2 fully saturated rings. The number of carboxylic acid groups (broad SMARTS) is 1. The highest BCUT2D eigenvalue weighted by atomic mass is 16.4. The first-order chi connectivity index (χ1) is 10.9. The number of nitrogens with zero attached hydrogens (tertiary/aromatic N) is 2. The molecule has 0 bridgehead atoms. The van der Waals surface area contributed by atoms with Crippen molar-refractivity contribution in [3.05, 3.63) is 0 Å². The summed E-state index contributed by atoms with van der Waals surface area (Å²) >= 11 is 0. The van der Waals surface area contributed by atoms with E-state index in [9.17, 15) is 14.7 Å². The molecular weight excluding hydrogens is 298 g/mol. The first kappa shape index (κ1) is 18.2. The number of hydrogen-bond acceptors (Lipinski definition) is 5. The number of β-amino-alcohol motifs (C(OH)–C–C–N with tert-alkyl or cyclic N) is 1. The lowest BCUT2D eigenvalue weighted by atomic mass is 9.86.